The molecule has 0 spiro atoms. The molecule has 2 aliphatic rings. The van der Waals surface area contributed by atoms with Gasteiger partial charge in [0.05, 0.1) is 30.7 Å². The molecule has 2 aliphatic carbocycles. The maximum atomic E-state index is 13.5. The van der Waals surface area contributed by atoms with E-state index in [1.807, 2.05) is 29.1 Å². The van der Waals surface area contributed by atoms with Crippen LogP contribution >= 0.6 is 0 Å². The quantitative estimate of drug-likeness (QED) is 0.288. The molecule has 39 heavy (non-hydrogen) atoms. The van der Waals surface area contributed by atoms with E-state index < -0.39 is 0 Å². The molecule has 1 amide bonds. The normalized spacial score (nSPS) is 18.8. The summed E-state index contributed by atoms with van der Waals surface area (Å²) in [5.41, 5.74) is 7.75. The highest BCUT2D eigenvalue weighted by Gasteiger charge is 2.37. The number of aromatic nitrogens is 3. The number of pyridine rings is 1. The standard InChI is InChI=1S/C32H31FN4O2/c1-20-27-19-35-37(25-14-12-24(33)13-15-25)29(27)18-23-11-10-22(30(20)23)17-28(21-7-4-3-5-8-21)36-31(38)26-9-6-16-34-32(26)39-2/h3-9,12-16,19-20,22,28H,10-11,17-18H2,1-2H3,(H,36,38)/t20-,22+,28?/m0/s1. The molecule has 7 heteroatoms. The molecule has 2 aromatic heterocycles. The Bertz CT molecular complexity index is 1530. The van der Waals surface area contributed by atoms with Crippen molar-refractivity contribution in [3.05, 3.63) is 118 Å². The number of carbonyl (C=O) groups excluding carboxylic acids is 1. The third-order valence-electron chi connectivity index (χ3n) is 8.17. The summed E-state index contributed by atoms with van der Waals surface area (Å²) >= 11 is 0. The van der Waals surface area contributed by atoms with Gasteiger partial charge in [-0.25, -0.2) is 14.1 Å². The Kier molecular flexibility index (Phi) is 6.73. The second kappa shape index (κ2) is 10.5. The highest BCUT2D eigenvalue weighted by atomic mass is 19.1. The first kappa shape index (κ1) is 25.0. The lowest BCUT2D eigenvalue weighted by atomic mass is 9.77. The topological polar surface area (TPSA) is 69.0 Å². The molecule has 0 bridgehead atoms. The first-order chi connectivity index (χ1) is 19.0. The summed E-state index contributed by atoms with van der Waals surface area (Å²) in [6.45, 7) is 2.26. The summed E-state index contributed by atoms with van der Waals surface area (Å²) in [5, 5.41) is 7.97. The van der Waals surface area contributed by atoms with Crippen molar-refractivity contribution < 1.29 is 13.9 Å². The molecule has 1 N–H and O–H groups in total. The molecular formula is C32H31FN4O2. The average molecular weight is 523 g/mol. The number of hydrogen-bond acceptors (Lipinski definition) is 4. The number of methoxy groups -OCH3 is 1. The number of carbonyl (C=O) groups is 1. The smallest absolute Gasteiger partial charge is 0.257 e. The van der Waals surface area contributed by atoms with E-state index in [-0.39, 0.29) is 23.7 Å². The van der Waals surface area contributed by atoms with E-state index in [0.717, 1.165) is 36.9 Å². The molecule has 198 valence electrons. The SMILES string of the molecule is COc1ncccc1C(=O)NC(C[C@H]1CCC2=C1[C@@H](C)c1cnn(-c3ccc(F)cc3)c1C2)c1ccccc1. The lowest BCUT2D eigenvalue weighted by Gasteiger charge is -2.30. The van der Waals surface area contributed by atoms with Crippen molar-refractivity contribution in [1.82, 2.24) is 20.1 Å². The molecule has 2 aromatic carbocycles. The van der Waals surface area contributed by atoms with Crippen molar-refractivity contribution in [3.63, 3.8) is 0 Å². The molecule has 0 aliphatic heterocycles. The van der Waals surface area contributed by atoms with E-state index in [1.165, 1.54) is 41.6 Å². The minimum absolute atomic E-state index is 0.156. The summed E-state index contributed by atoms with van der Waals surface area (Å²) in [4.78, 5) is 17.6. The summed E-state index contributed by atoms with van der Waals surface area (Å²) in [6.07, 6.45) is 7.32. The van der Waals surface area contributed by atoms with Gasteiger partial charge in [-0.1, -0.05) is 48.4 Å². The number of nitrogens with one attached hydrogen (secondary N) is 1. The van der Waals surface area contributed by atoms with Crippen molar-refractivity contribution in [2.75, 3.05) is 7.11 Å². The zero-order valence-electron chi connectivity index (χ0n) is 22.1. The minimum atomic E-state index is -0.251. The maximum absolute atomic E-state index is 13.5. The van der Waals surface area contributed by atoms with Crippen LogP contribution in [0.3, 0.4) is 0 Å². The average Bonchev–Trinajstić information content (AvgIpc) is 3.58. The van der Waals surface area contributed by atoms with Gasteiger partial charge >= 0.3 is 0 Å². The number of amides is 1. The Morgan fingerprint density at radius 1 is 1.13 bits per heavy atom. The first-order valence-corrected chi connectivity index (χ1v) is 13.4. The Balaban J connectivity index is 1.27. The summed E-state index contributed by atoms with van der Waals surface area (Å²) in [7, 11) is 1.53. The van der Waals surface area contributed by atoms with Crippen LogP contribution in [0.2, 0.25) is 0 Å². The number of halogens is 1. The highest BCUT2D eigenvalue weighted by Crippen LogP contribution is 2.49. The predicted molar refractivity (Wildman–Crippen MR) is 147 cm³/mol. The van der Waals surface area contributed by atoms with Gasteiger partial charge in [-0.05, 0) is 67.1 Å². The van der Waals surface area contributed by atoms with E-state index in [1.54, 1.807) is 30.5 Å². The van der Waals surface area contributed by atoms with Crippen LogP contribution in [0, 0.1) is 11.7 Å². The number of hydrogen-bond donors (Lipinski definition) is 1. The van der Waals surface area contributed by atoms with Crippen molar-refractivity contribution in [1.29, 1.82) is 0 Å². The van der Waals surface area contributed by atoms with E-state index in [0.29, 0.717) is 17.4 Å². The van der Waals surface area contributed by atoms with Crippen LogP contribution in [0.1, 0.15) is 65.3 Å². The molecule has 2 heterocycles. The Labute approximate surface area is 227 Å². The van der Waals surface area contributed by atoms with E-state index in [4.69, 9.17) is 9.84 Å². The summed E-state index contributed by atoms with van der Waals surface area (Å²) in [5.74, 6) is 0.452. The Hall–Kier alpha value is -4.26. The van der Waals surface area contributed by atoms with Crippen LogP contribution in [-0.4, -0.2) is 27.8 Å². The van der Waals surface area contributed by atoms with Crippen LogP contribution < -0.4 is 10.1 Å². The number of nitrogens with zero attached hydrogens (tertiary/aromatic N) is 3. The molecule has 6 rings (SSSR count). The molecule has 0 fully saturated rings. The van der Waals surface area contributed by atoms with Gasteiger partial charge in [0.25, 0.3) is 5.91 Å². The van der Waals surface area contributed by atoms with Crippen molar-refractivity contribution in [3.8, 4) is 11.6 Å². The zero-order valence-corrected chi connectivity index (χ0v) is 22.1. The lowest BCUT2D eigenvalue weighted by Crippen LogP contribution is -2.31. The minimum Gasteiger partial charge on any atom is -0.480 e. The number of allylic oxidation sites excluding steroid dienone is 2. The monoisotopic (exact) mass is 522 g/mol. The number of benzene rings is 2. The fourth-order valence-corrected chi connectivity index (χ4v) is 6.34. The largest absolute Gasteiger partial charge is 0.480 e. The molecule has 0 radical (unpaired) electrons. The van der Waals surface area contributed by atoms with Crippen LogP contribution in [0.15, 0.2) is 90.3 Å². The number of ether oxygens (including phenoxy) is 1. The van der Waals surface area contributed by atoms with Gasteiger partial charge in [-0.3, -0.25) is 4.79 Å². The third-order valence-corrected chi connectivity index (χ3v) is 8.17. The molecular weight excluding hydrogens is 491 g/mol. The van der Waals surface area contributed by atoms with E-state index >= 15 is 0 Å². The van der Waals surface area contributed by atoms with Gasteiger partial charge in [0.2, 0.25) is 5.88 Å². The van der Waals surface area contributed by atoms with Gasteiger partial charge < -0.3 is 10.1 Å². The van der Waals surface area contributed by atoms with Gasteiger partial charge in [0, 0.05) is 24.1 Å². The van der Waals surface area contributed by atoms with Crippen LogP contribution in [0.25, 0.3) is 5.69 Å². The molecule has 1 unspecified atom stereocenters. The van der Waals surface area contributed by atoms with Crippen LogP contribution in [0.4, 0.5) is 4.39 Å². The van der Waals surface area contributed by atoms with Crippen LogP contribution in [0.5, 0.6) is 5.88 Å². The molecule has 6 nitrogen and oxygen atoms in total. The lowest BCUT2D eigenvalue weighted by molar-refractivity contribution is 0.0927. The second-order valence-corrected chi connectivity index (χ2v) is 10.4. The van der Waals surface area contributed by atoms with Crippen LogP contribution in [-0.2, 0) is 6.42 Å². The first-order valence-electron chi connectivity index (χ1n) is 13.4. The highest BCUT2D eigenvalue weighted by molar-refractivity contribution is 5.96. The maximum Gasteiger partial charge on any atom is 0.257 e. The number of rotatable bonds is 7. The second-order valence-electron chi connectivity index (χ2n) is 10.4. The Morgan fingerprint density at radius 3 is 2.69 bits per heavy atom. The molecule has 3 atom stereocenters. The third kappa shape index (κ3) is 4.73. The van der Waals surface area contributed by atoms with Gasteiger partial charge in [0.15, 0.2) is 0 Å². The van der Waals surface area contributed by atoms with Crippen molar-refractivity contribution >= 4 is 5.91 Å². The molecule has 0 saturated heterocycles. The predicted octanol–water partition coefficient (Wildman–Crippen LogP) is 6.34. The Morgan fingerprint density at radius 2 is 1.92 bits per heavy atom. The van der Waals surface area contributed by atoms with Crippen molar-refractivity contribution in [2.24, 2.45) is 5.92 Å². The van der Waals surface area contributed by atoms with Gasteiger partial charge in [-0.2, -0.15) is 5.10 Å². The fourth-order valence-electron chi connectivity index (χ4n) is 6.34. The van der Waals surface area contributed by atoms with E-state index in [2.05, 4.69) is 29.4 Å². The molecule has 4 aromatic rings. The van der Waals surface area contributed by atoms with E-state index in [9.17, 15) is 9.18 Å². The van der Waals surface area contributed by atoms with Gasteiger partial charge in [0.1, 0.15) is 11.4 Å². The summed E-state index contributed by atoms with van der Waals surface area (Å²) < 4.78 is 20.8. The van der Waals surface area contributed by atoms with Gasteiger partial charge in [-0.15, -0.1) is 0 Å². The summed E-state index contributed by atoms with van der Waals surface area (Å²) in [6, 6.07) is 20.0. The number of fused-ring (bicyclic) bond motifs is 1. The zero-order chi connectivity index (χ0) is 26.9. The fraction of sp³-hybridized carbons (Fsp3) is 0.281. The molecule has 0 saturated carbocycles. The van der Waals surface area contributed by atoms with Crippen molar-refractivity contribution in [2.45, 2.75) is 44.6 Å².